The van der Waals surface area contributed by atoms with Crippen LogP contribution in [0.2, 0.25) is 0 Å². The molecule has 18 heavy (non-hydrogen) atoms. The molecule has 0 amide bonds. The fraction of sp³-hybridized carbons (Fsp3) is 0.462. The van der Waals surface area contributed by atoms with Gasteiger partial charge in [-0.3, -0.25) is 4.79 Å². The van der Waals surface area contributed by atoms with Crippen molar-refractivity contribution in [3.8, 4) is 11.5 Å². The van der Waals surface area contributed by atoms with Crippen LogP contribution in [0, 0.1) is 5.92 Å². The average molecular weight is 270 g/mol. The zero-order valence-corrected chi connectivity index (χ0v) is 10.8. The summed E-state index contributed by atoms with van der Waals surface area (Å²) in [5.41, 5.74) is 0.725. The number of Topliss-reactive ketones (excluding diaryl/α,β-unsaturated/α-hetero) is 1. The second kappa shape index (κ2) is 5.59. The number of benzene rings is 1. The van der Waals surface area contributed by atoms with Gasteiger partial charge in [0.25, 0.3) is 0 Å². The molecule has 2 aliphatic heterocycles. The van der Waals surface area contributed by atoms with Crippen molar-refractivity contribution in [1.82, 2.24) is 5.32 Å². The smallest absolute Gasteiger partial charge is 0.231 e. The van der Waals surface area contributed by atoms with Gasteiger partial charge >= 0.3 is 0 Å². The minimum Gasteiger partial charge on any atom is -0.454 e. The number of halogens is 1. The molecule has 2 heterocycles. The summed E-state index contributed by atoms with van der Waals surface area (Å²) in [4.78, 5) is 12.3. The van der Waals surface area contributed by atoms with Crippen LogP contribution in [0.25, 0.3) is 0 Å². The number of nitrogens with one attached hydrogen (secondary N) is 1. The quantitative estimate of drug-likeness (QED) is 0.835. The van der Waals surface area contributed by atoms with Gasteiger partial charge < -0.3 is 14.8 Å². The standard InChI is InChI=1S/C13H15NO3.ClH/c15-13(10-2-1-5-14-7-10)9-3-4-11-12(6-9)17-8-16-11;/h3-4,6,10,14H,1-2,5,7-8H2;1H. The minimum atomic E-state index is 0. The highest BCUT2D eigenvalue weighted by Gasteiger charge is 2.24. The first kappa shape index (κ1) is 13.2. The summed E-state index contributed by atoms with van der Waals surface area (Å²) in [5.74, 6) is 1.71. The molecule has 0 bridgehead atoms. The Morgan fingerprint density at radius 1 is 1.28 bits per heavy atom. The third-order valence-electron chi connectivity index (χ3n) is 3.32. The first-order valence-electron chi connectivity index (χ1n) is 5.99. The number of ether oxygens (including phenoxy) is 2. The van der Waals surface area contributed by atoms with E-state index in [0.29, 0.717) is 5.75 Å². The molecule has 4 nitrogen and oxygen atoms in total. The van der Waals surface area contributed by atoms with Crippen LogP contribution in [0.4, 0.5) is 0 Å². The maximum atomic E-state index is 12.3. The second-order valence-electron chi connectivity index (χ2n) is 4.48. The number of fused-ring (bicyclic) bond motifs is 1. The zero-order chi connectivity index (χ0) is 11.7. The van der Waals surface area contributed by atoms with Crippen molar-refractivity contribution in [2.24, 2.45) is 5.92 Å². The average Bonchev–Trinajstić information content (AvgIpc) is 2.86. The van der Waals surface area contributed by atoms with E-state index in [1.165, 1.54) is 0 Å². The monoisotopic (exact) mass is 269 g/mol. The van der Waals surface area contributed by atoms with Crippen molar-refractivity contribution in [2.45, 2.75) is 12.8 Å². The lowest BCUT2D eigenvalue weighted by Crippen LogP contribution is -2.34. The molecule has 5 heteroatoms. The van der Waals surface area contributed by atoms with E-state index < -0.39 is 0 Å². The molecule has 1 fully saturated rings. The van der Waals surface area contributed by atoms with Crippen LogP contribution in [0.15, 0.2) is 18.2 Å². The number of hydrogen-bond acceptors (Lipinski definition) is 4. The second-order valence-corrected chi connectivity index (χ2v) is 4.48. The van der Waals surface area contributed by atoms with Gasteiger partial charge in [-0.2, -0.15) is 0 Å². The number of carbonyl (C=O) groups excluding carboxylic acids is 1. The van der Waals surface area contributed by atoms with Gasteiger partial charge in [-0.25, -0.2) is 0 Å². The van der Waals surface area contributed by atoms with E-state index in [1.54, 1.807) is 6.07 Å². The van der Waals surface area contributed by atoms with E-state index in [0.717, 1.165) is 37.2 Å². The van der Waals surface area contributed by atoms with Gasteiger partial charge in [-0.05, 0) is 37.6 Å². The van der Waals surface area contributed by atoms with Gasteiger partial charge in [-0.15, -0.1) is 12.4 Å². The van der Waals surface area contributed by atoms with Crippen molar-refractivity contribution in [3.63, 3.8) is 0 Å². The number of carbonyl (C=O) groups is 1. The van der Waals surface area contributed by atoms with Crippen LogP contribution in [0.3, 0.4) is 0 Å². The predicted molar refractivity (Wildman–Crippen MR) is 69.7 cm³/mol. The summed E-state index contributed by atoms with van der Waals surface area (Å²) in [5, 5.41) is 3.26. The number of ketones is 1. The van der Waals surface area contributed by atoms with Gasteiger partial charge in [0.1, 0.15) is 0 Å². The molecule has 2 aliphatic rings. The molecule has 0 saturated carbocycles. The van der Waals surface area contributed by atoms with Crippen LogP contribution < -0.4 is 14.8 Å². The fourth-order valence-corrected chi connectivity index (χ4v) is 2.36. The summed E-state index contributed by atoms with van der Waals surface area (Å²) < 4.78 is 10.5. The molecule has 0 aromatic heterocycles. The Hall–Kier alpha value is -1.26. The highest BCUT2D eigenvalue weighted by Crippen LogP contribution is 2.33. The van der Waals surface area contributed by atoms with Gasteiger partial charge in [0.2, 0.25) is 6.79 Å². The van der Waals surface area contributed by atoms with Gasteiger partial charge in [0.15, 0.2) is 17.3 Å². The predicted octanol–water partition coefficient (Wildman–Crippen LogP) is 2.02. The van der Waals surface area contributed by atoms with Crippen LogP contribution >= 0.6 is 12.4 Å². The minimum absolute atomic E-state index is 0. The van der Waals surface area contributed by atoms with E-state index in [2.05, 4.69) is 5.32 Å². The molecule has 1 saturated heterocycles. The summed E-state index contributed by atoms with van der Waals surface area (Å²) in [7, 11) is 0. The summed E-state index contributed by atoms with van der Waals surface area (Å²) in [6.07, 6.45) is 2.04. The topological polar surface area (TPSA) is 47.6 Å². The van der Waals surface area contributed by atoms with Crippen LogP contribution in [0.5, 0.6) is 11.5 Å². The zero-order valence-electron chi connectivity index (χ0n) is 9.98. The van der Waals surface area contributed by atoms with Crippen molar-refractivity contribution in [3.05, 3.63) is 23.8 Å². The van der Waals surface area contributed by atoms with Crippen LogP contribution in [0.1, 0.15) is 23.2 Å². The largest absolute Gasteiger partial charge is 0.454 e. The molecular weight excluding hydrogens is 254 g/mol. The van der Waals surface area contributed by atoms with E-state index in [4.69, 9.17) is 9.47 Å². The maximum Gasteiger partial charge on any atom is 0.231 e. The molecule has 0 radical (unpaired) electrons. The Kier molecular flexibility index (Phi) is 4.09. The Labute approximate surface area is 112 Å². The van der Waals surface area contributed by atoms with E-state index in [1.807, 2.05) is 12.1 Å². The molecule has 0 spiro atoms. The van der Waals surface area contributed by atoms with Crippen molar-refractivity contribution in [2.75, 3.05) is 19.9 Å². The third kappa shape index (κ3) is 2.44. The van der Waals surface area contributed by atoms with Crippen LogP contribution in [-0.2, 0) is 0 Å². The molecule has 0 aliphatic carbocycles. The maximum absolute atomic E-state index is 12.3. The first-order valence-corrected chi connectivity index (χ1v) is 5.99. The number of rotatable bonds is 2. The molecule has 1 N–H and O–H groups in total. The van der Waals surface area contributed by atoms with E-state index >= 15 is 0 Å². The lowest BCUT2D eigenvalue weighted by molar-refractivity contribution is 0.0899. The Bertz CT molecular complexity index is 444. The normalized spacial score (nSPS) is 21.2. The molecule has 98 valence electrons. The number of piperidine rings is 1. The van der Waals surface area contributed by atoms with Gasteiger partial charge in [0, 0.05) is 18.0 Å². The van der Waals surface area contributed by atoms with Crippen molar-refractivity contribution in [1.29, 1.82) is 0 Å². The van der Waals surface area contributed by atoms with E-state index in [9.17, 15) is 4.79 Å². The molecule has 1 aromatic carbocycles. The highest BCUT2D eigenvalue weighted by atomic mass is 35.5. The molecule has 1 aromatic rings. The Morgan fingerprint density at radius 3 is 2.89 bits per heavy atom. The summed E-state index contributed by atoms with van der Waals surface area (Å²) >= 11 is 0. The van der Waals surface area contributed by atoms with E-state index in [-0.39, 0.29) is 30.9 Å². The summed E-state index contributed by atoms with van der Waals surface area (Å²) in [6, 6.07) is 5.43. The van der Waals surface area contributed by atoms with Gasteiger partial charge in [0.05, 0.1) is 0 Å². The Balaban J connectivity index is 0.00000120. The molecular formula is C13H16ClNO3. The van der Waals surface area contributed by atoms with Crippen LogP contribution in [-0.4, -0.2) is 25.7 Å². The van der Waals surface area contributed by atoms with Gasteiger partial charge in [-0.1, -0.05) is 0 Å². The Morgan fingerprint density at radius 2 is 2.11 bits per heavy atom. The lowest BCUT2D eigenvalue weighted by atomic mass is 9.91. The highest BCUT2D eigenvalue weighted by molar-refractivity contribution is 5.98. The SMILES string of the molecule is Cl.O=C(c1ccc2c(c1)OCO2)C1CCCNC1. The lowest BCUT2D eigenvalue weighted by Gasteiger charge is -2.21. The molecule has 3 rings (SSSR count). The van der Waals surface area contributed by atoms with Crippen molar-refractivity contribution < 1.29 is 14.3 Å². The molecule has 1 atom stereocenters. The summed E-state index contributed by atoms with van der Waals surface area (Å²) in [6.45, 7) is 2.05. The number of hydrogen-bond donors (Lipinski definition) is 1. The fourth-order valence-electron chi connectivity index (χ4n) is 2.36. The van der Waals surface area contributed by atoms with Crippen molar-refractivity contribution >= 4 is 18.2 Å². The first-order chi connectivity index (χ1) is 8.34. The molecule has 1 unspecified atom stereocenters. The third-order valence-corrected chi connectivity index (χ3v) is 3.32.